The summed E-state index contributed by atoms with van der Waals surface area (Å²) in [7, 11) is 0. The van der Waals surface area contributed by atoms with E-state index in [-0.39, 0.29) is 11.0 Å². The van der Waals surface area contributed by atoms with E-state index in [1.165, 1.54) is 0 Å². The first-order chi connectivity index (χ1) is 9.07. The Hall–Kier alpha value is -0.330. The van der Waals surface area contributed by atoms with Gasteiger partial charge in [0.1, 0.15) is 0 Å². The highest BCUT2D eigenvalue weighted by Gasteiger charge is 2.46. The summed E-state index contributed by atoms with van der Waals surface area (Å²) in [6.45, 7) is 8.62. The molecule has 0 spiro atoms. The summed E-state index contributed by atoms with van der Waals surface area (Å²) in [6, 6.07) is 0. The molecule has 0 aromatic rings. The smallest absolute Gasteiger partial charge is 0.375 e. The summed E-state index contributed by atoms with van der Waals surface area (Å²) in [4.78, 5) is 2.08. The Bertz CT molecular complexity index is 334. The Balaban J connectivity index is 1.75. The fourth-order valence-corrected chi connectivity index (χ4v) is 2.59. The van der Waals surface area contributed by atoms with Crippen molar-refractivity contribution in [1.29, 1.82) is 0 Å². The lowest BCUT2D eigenvalue weighted by molar-refractivity contribution is -0.340. The molecule has 2 rings (SSSR count). The van der Waals surface area contributed by atoms with Crippen molar-refractivity contribution in [1.82, 2.24) is 4.90 Å². The lowest BCUT2D eigenvalue weighted by atomic mass is 10.1. The van der Waals surface area contributed by atoms with Gasteiger partial charge < -0.3 is 9.64 Å². The van der Waals surface area contributed by atoms with Crippen molar-refractivity contribution in [2.75, 3.05) is 26.2 Å². The summed E-state index contributed by atoms with van der Waals surface area (Å²) in [5, 5.41) is 0. The van der Waals surface area contributed by atoms with Crippen molar-refractivity contribution >= 4 is 0 Å². The normalized spacial score (nSPS) is 27.0. The maximum Gasteiger partial charge on any atom is 0.522 e. The topological polar surface area (TPSA) is 21.7 Å². The van der Waals surface area contributed by atoms with Gasteiger partial charge in [-0.1, -0.05) is 0 Å². The van der Waals surface area contributed by atoms with Gasteiger partial charge in [0, 0.05) is 25.0 Å². The summed E-state index contributed by atoms with van der Waals surface area (Å²) in [6.07, 6.45) is -2.58. The number of alkyl halides is 3. The van der Waals surface area contributed by atoms with Crippen LogP contribution in [0, 0.1) is 5.41 Å². The highest BCUT2D eigenvalue weighted by molar-refractivity contribution is 4.97. The maximum atomic E-state index is 12.2. The minimum Gasteiger partial charge on any atom is -0.375 e. The molecule has 6 heteroatoms. The van der Waals surface area contributed by atoms with Gasteiger partial charge in [0.2, 0.25) is 0 Å². The zero-order valence-corrected chi connectivity index (χ0v) is 12.4. The van der Waals surface area contributed by atoms with E-state index >= 15 is 0 Å². The van der Waals surface area contributed by atoms with Gasteiger partial charge in [-0.25, -0.2) is 0 Å². The van der Waals surface area contributed by atoms with Crippen molar-refractivity contribution in [2.45, 2.75) is 58.1 Å². The van der Waals surface area contributed by atoms with E-state index in [0.29, 0.717) is 26.1 Å². The van der Waals surface area contributed by atoms with E-state index in [4.69, 9.17) is 4.74 Å². The Morgan fingerprint density at radius 3 is 2.35 bits per heavy atom. The number of hydrogen-bond donors (Lipinski definition) is 0. The second-order valence-electron chi connectivity index (χ2n) is 7.11. The van der Waals surface area contributed by atoms with Crippen LogP contribution in [-0.2, 0) is 9.47 Å². The van der Waals surface area contributed by atoms with E-state index in [1.807, 2.05) is 20.8 Å². The number of halogens is 3. The van der Waals surface area contributed by atoms with Gasteiger partial charge in [0.25, 0.3) is 0 Å². The van der Waals surface area contributed by atoms with Crippen molar-refractivity contribution in [3.8, 4) is 0 Å². The van der Waals surface area contributed by atoms with Gasteiger partial charge in [-0.05, 0) is 40.0 Å². The van der Waals surface area contributed by atoms with Gasteiger partial charge in [0.15, 0.2) is 0 Å². The minimum absolute atomic E-state index is 0.153. The van der Waals surface area contributed by atoms with Gasteiger partial charge in [-0.15, -0.1) is 13.2 Å². The van der Waals surface area contributed by atoms with E-state index in [9.17, 15) is 13.2 Å². The fraction of sp³-hybridized carbons (Fsp3) is 1.00. The molecular formula is C14H24F3NO2. The molecule has 2 fully saturated rings. The van der Waals surface area contributed by atoms with Crippen LogP contribution in [0.2, 0.25) is 0 Å². The molecule has 0 aromatic carbocycles. The van der Waals surface area contributed by atoms with Crippen LogP contribution >= 0.6 is 0 Å². The van der Waals surface area contributed by atoms with Crippen LogP contribution in [0.5, 0.6) is 0 Å². The molecule has 3 nitrogen and oxygen atoms in total. The first kappa shape index (κ1) is 16.0. The third-order valence-corrected chi connectivity index (χ3v) is 3.86. The molecule has 1 atom stereocenters. The molecule has 2 aliphatic rings. The predicted molar refractivity (Wildman–Crippen MR) is 69.4 cm³/mol. The van der Waals surface area contributed by atoms with Crippen molar-refractivity contribution in [2.24, 2.45) is 5.41 Å². The first-order valence-corrected chi connectivity index (χ1v) is 7.18. The zero-order valence-electron chi connectivity index (χ0n) is 12.4. The lowest BCUT2D eigenvalue weighted by Gasteiger charge is -2.27. The molecule has 0 radical (unpaired) electrons. The van der Waals surface area contributed by atoms with Crippen LogP contribution in [0.3, 0.4) is 0 Å². The van der Waals surface area contributed by atoms with E-state index in [2.05, 4.69) is 9.64 Å². The minimum atomic E-state index is -4.52. The quantitative estimate of drug-likeness (QED) is 0.777. The van der Waals surface area contributed by atoms with Gasteiger partial charge in [-0.2, -0.15) is 0 Å². The average molecular weight is 295 g/mol. The monoisotopic (exact) mass is 295 g/mol. The second-order valence-corrected chi connectivity index (χ2v) is 7.11. The number of ether oxygens (including phenoxy) is 2. The molecule has 0 amide bonds. The number of hydrogen-bond acceptors (Lipinski definition) is 3. The zero-order chi connectivity index (χ0) is 15.0. The van der Waals surface area contributed by atoms with Crippen molar-refractivity contribution < 1.29 is 22.6 Å². The lowest BCUT2D eigenvalue weighted by Crippen LogP contribution is -2.35. The SMILES string of the molecule is CC(C)(C)OCC1(CN2CC[C@H](OC(F)(F)F)C2)CC1. The first-order valence-electron chi connectivity index (χ1n) is 7.18. The van der Waals surface area contributed by atoms with Crippen LogP contribution in [-0.4, -0.2) is 49.2 Å². The average Bonchev–Trinajstić information content (AvgIpc) is 2.88. The fourth-order valence-electron chi connectivity index (χ4n) is 2.59. The van der Waals surface area contributed by atoms with Crippen LogP contribution in [0.15, 0.2) is 0 Å². The van der Waals surface area contributed by atoms with E-state index in [1.54, 1.807) is 0 Å². The highest BCUT2D eigenvalue weighted by Crippen LogP contribution is 2.47. The van der Waals surface area contributed by atoms with Crippen molar-refractivity contribution in [3.63, 3.8) is 0 Å². The van der Waals surface area contributed by atoms with E-state index < -0.39 is 12.5 Å². The molecule has 1 saturated carbocycles. The molecule has 1 aliphatic heterocycles. The largest absolute Gasteiger partial charge is 0.522 e. The van der Waals surface area contributed by atoms with Crippen LogP contribution in [0.4, 0.5) is 13.2 Å². The Kier molecular flexibility index (Phi) is 4.38. The molecule has 0 unspecified atom stereocenters. The van der Waals surface area contributed by atoms with Gasteiger partial charge >= 0.3 is 6.36 Å². The van der Waals surface area contributed by atoms with Crippen molar-refractivity contribution in [3.05, 3.63) is 0 Å². The van der Waals surface area contributed by atoms with E-state index in [0.717, 1.165) is 19.4 Å². The molecule has 1 heterocycles. The predicted octanol–water partition coefficient (Wildman–Crippen LogP) is 3.19. The molecule has 0 aromatic heterocycles. The molecule has 0 bridgehead atoms. The third-order valence-electron chi connectivity index (χ3n) is 3.86. The molecule has 20 heavy (non-hydrogen) atoms. The molecule has 1 saturated heterocycles. The second kappa shape index (κ2) is 5.46. The molecular weight excluding hydrogens is 271 g/mol. The van der Waals surface area contributed by atoms with Gasteiger partial charge in [-0.3, -0.25) is 4.74 Å². The van der Waals surface area contributed by atoms with Crippen LogP contribution in [0.1, 0.15) is 40.0 Å². The highest BCUT2D eigenvalue weighted by atomic mass is 19.4. The summed E-state index contributed by atoms with van der Waals surface area (Å²) < 4.78 is 46.5. The molecule has 0 N–H and O–H groups in total. The standard InChI is InChI=1S/C14H24F3NO2/c1-12(2,3)19-10-13(5-6-13)9-18-7-4-11(8-18)20-14(15,16)17/h11H,4-10H2,1-3H3/t11-/m0/s1. The molecule has 1 aliphatic carbocycles. The van der Waals surface area contributed by atoms with Crippen LogP contribution in [0.25, 0.3) is 0 Å². The number of nitrogens with zero attached hydrogens (tertiary/aromatic N) is 1. The Morgan fingerprint density at radius 2 is 1.85 bits per heavy atom. The summed E-state index contributed by atoms with van der Waals surface area (Å²) in [5.41, 5.74) is -0.0110. The number of rotatable bonds is 5. The summed E-state index contributed by atoms with van der Waals surface area (Å²) in [5.74, 6) is 0. The Morgan fingerprint density at radius 1 is 1.20 bits per heavy atom. The summed E-state index contributed by atoms with van der Waals surface area (Å²) >= 11 is 0. The van der Waals surface area contributed by atoms with Crippen LogP contribution < -0.4 is 0 Å². The number of likely N-dealkylation sites (tertiary alicyclic amines) is 1. The molecule has 118 valence electrons. The maximum absolute atomic E-state index is 12.2. The Labute approximate surface area is 118 Å². The van der Waals surface area contributed by atoms with Gasteiger partial charge in [0.05, 0.1) is 18.3 Å². The third kappa shape index (κ3) is 5.22.